The summed E-state index contributed by atoms with van der Waals surface area (Å²) in [6.45, 7) is 0. The van der Waals surface area contributed by atoms with Crippen molar-refractivity contribution >= 4 is 34.7 Å². The van der Waals surface area contributed by atoms with Crippen LogP contribution in [0.2, 0.25) is 0 Å². The van der Waals surface area contributed by atoms with Crippen molar-refractivity contribution in [3.8, 4) is 28.5 Å². The summed E-state index contributed by atoms with van der Waals surface area (Å²) < 4.78 is 7.26. The molecule has 0 saturated heterocycles. The molecule has 0 fully saturated rings. The van der Waals surface area contributed by atoms with Gasteiger partial charge in [0, 0.05) is 20.9 Å². The van der Waals surface area contributed by atoms with E-state index in [1.54, 1.807) is 6.21 Å². The Balaban J connectivity index is 1.87. The molecule has 0 aliphatic heterocycles. The number of nitriles is 1. The van der Waals surface area contributed by atoms with E-state index >= 15 is 0 Å². The highest BCUT2D eigenvalue weighted by Gasteiger charge is 2.22. The standard InChI is InChI=1S/C24H15IN2O/c25-20-13-11-17(12-14-20)16-27-24-21(15-26)22(18-7-3-1-4-8-18)23(28-24)19-9-5-2-6-10-19/h1-14,16H/b27-16+. The number of halogens is 1. The van der Waals surface area contributed by atoms with E-state index < -0.39 is 0 Å². The summed E-state index contributed by atoms with van der Waals surface area (Å²) in [5, 5.41) is 9.87. The van der Waals surface area contributed by atoms with E-state index in [2.05, 4.69) is 33.7 Å². The molecule has 3 aromatic carbocycles. The summed E-state index contributed by atoms with van der Waals surface area (Å²) in [7, 11) is 0. The molecule has 4 heteroatoms. The molecule has 0 spiro atoms. The second kappa shape index (κ2) is 8.24. The fourth-order valence-electron chi connectivity index (χ4n) is 2.97. The van der Waals surface area contributed by atoms with Gasteiger partial charge in [-0.2, -0.15) is 5.26 Å². The minimum Gasteiger partial charge on any atom is -0.436 e. The van der Waals surface area contributed by atoms with Gasteiger partial charge in [0.25, 0.3) is 0 Å². The van der Waals surface area contributed by atoms with Gasteiger partial charge in [0.1, 0.15) is 17.4 Å². The Hall–Kier alpha value is -3.17. The van der Waals surface area contributed by atoms with Crippen LogP contribution >= 0.6 is 22.6 Å². The first-order chi connectivity index (χ1) is 13.8. The van der Waals surface area contributed by atoms with Crippen LogP contribution in [0.5, 0.6) is 0 Å². The SMILES string of the molecule is N#Cc1c(/N=C/c2ccc(I)cc2)oc(-c2ccccc2)c1-c1ccccc1. The minimum atomic E-state index is 0.318. The Labute approximate surface area is 177 Å². The Morgan fingerprint density at radius 1 is 0.821 bits per heavy atom. The zero-order chi connectivity index (χ0) is 19.3. The van der Waals surface area contributed by atoms with E-state index in [1.165, 1.54) is 0 Å². The molecular formula is C24H15IN2O. The largest absolute Gasteiger partial charge is 0.436 e. The summed E-state index contributed by atoms with van der Waals surface area (Å²) in [6, 6.07) is 29.9. The van der Waals surface area contributed by atoms with Crippen LogP contribution in [0.3, 0.4) is 0 Å². The summed E-state index contributed by atoms with van der Waals surface area (Å²) in [4.78, 5) is 4.49. The highest BCUT2D eigenvalue weighted by molar-refractivity contribution is 14.1. The number of nitrogens with zero attached hydrogens (tertiary/aromatic N) is 2. The van der Waals surface area contributed by atoms with Crippen molar-refractivity contribution in [3.05, 3.63) is 99.6 Å². The van der Waals surface area contributed by atoms with E-state index in [9.17, 15) is 5.26 Å². The maximum Gasteiger partial charge on any atom is 0.238 e. The Kier molecular flexibility index (Phi) is 5.36. The second-order valence-corrected chi connectivity index (χ2v) is 7.39. The molecule has 4 aromatic rings. The maximum absolute atomic E-state index is 9.87. The lowest BCUT2D eigenvalue weighted by atomic mass is 9.98. The fraction of sp³-hybridized carbons (Fsp3) is 0. The molecule has 0 saturated carbocycles. The van der Waals surface area contributed by atoms with E-state index in [-0.39, 0.29) is 0 Å². The number of rotatable bonds is 4. The van der Waals surface area contributed by atoms with E-state index in [4.69, 9.17) is 4.42 Å². The molecule has 4 rings (SSSR count). The van der Waals surface area contributed by atoms with Gasteiger partial charge in [-0.15, -0.1) is 0 Å². The third-order valence-electron chi connectivity index (χ3n) is 4.30. The molecule has 0 bridgehead atoms. The Bertz CT molecular complexity index is 1160. The van der Waals surface area contributed by atoms with Gasteiger partial charge in [0.15, 0.2) is 0 Å². The highest BCUT2D eigenvalue weighted by Crippen LogP contribution is 2.42. The first kappa shape index (κ1) is 18.2. The molecule has 28 heavy (non-hydrogen) atoms. The topological polar surface area (TPSA) is 49.3 Å². The highest BCUT2D eigenvalue weighted by atomic mass is 127. The molecule has 1 aromatic heterocycles. The summed E-state index contributed by atoms with van der Waals surface area (Å²) in [5.41, 5.74) is 3.99. The number of furan rings is 1. The van der Waals surface area contributed by atoms with Gasteiger partial charge in [-0.05, 0) is 45.9 Å². The number of benzene rings is 3. The van der Waals surface area contributed by atoms with Crippen molar-refractivity contribution in [1.82, 2.24) is 0 Å². The van der Waals surface area contributed by atoms with Crippen molar-refractivity contribution in [3.63, 3.8) is 0 Å². The van der Waals surface area contributed by atoms with Crippen molar-refractivity contribution in [2.45, 2.75) is 0 Å². The van der Waals surface area contributed by atoms with Crippen LogP contribution < -0.4 is 0 Å². The molecule has 0 unspecified atom stereocenters. The van der Waals surface area contributed by atoms with Gasteiger partial charge < -0.3 is 4.42 Å². The zero-order valence-electron chi connectivity index (χ0n) is 14.8. The molecule has 3 nitrogen and oxygen atoms in total. The minimum absolute atomic E-state index is 0.318. The molecule has 134 valence electrons. The van der Waals surface area contributed by atoms with Crippen LogP contribution in [0, 0.1) is 14.9 Å². The first-order valence-electron chi connectivity index (χ1n) is 8.73. The third-order valence-corrected chi connectivity index (χ3v) is 5.02. The monoisotopic (exact) mass is 474 g/mol. The Morgan fingerprint density at radius 2 is 1.43 bits per heavy atom. The van der Waals surface area contributed by atoms with Gasteiger partial charge >= 0.3 is 0 Å². The molecule has 0 atom stereocenters. The van der Waals surface area contributed by atoms with Crippen molar-refractivity contribution < 1.29 is 4.42 Å². The zero-order valence-corrected chi connectivity index (χ0v) is 17.0. The van der Waals surface area contributed by atoms with E-state index in [0.717, 1.165) is 25.8 Å². The lowest BCUT2D eigenvalue weighted by molar-refractivity contribution is 0.593. The normalized spacial score (nSPS) is 10.9. The maximum atomic E-state index is 9.87. The fourth-order valence-corrected chi connectivity index (χ4v) is 3.33. The van der Waals surface area contributed by atoms with Crippen molar-refractivity contribution in [2.24, 2.45) is 4.99 Å². The molecular weight excluding hydrogens is 459 g/mol. The molecule has 0 aliphatic rings. The van der Waals surface area contributed by atoms with Gasteiger partial charge in [-0.25, -0.2) is 4.99 Å². The molecule has 0 amide bonds. The lowest BCUT2D eigenvalue weighted by Gasteiger charge is -2.03. The van der Waals surface area contributed by atoms with Gasteiger partial charge in [-0.1, -0.05) is 72.8 Å². The quantitative estimate of drug-likeness (QED) is 0.240. The van der Waals surface area contributed by atoms with Crippen molar-refractivity contribution in [2.75, 3.05) is 0 Å². The summed E-state index contributed by atoms with van der Waals surface area (Å²) in [6.07, 6.45) is 1.72. The predicted molar refractivity (Wildman–Crippen MR) is 121 cm³/mol. The van der Waals surface area contributed by atoms with Crippen LogP contribution in [-0.2, 0) is 0 Å². The van der Waals surface area contributed by atoms with Crippen LogP contribution in [-0.4, -0.2) is 6.21 Å². The molecule has 0 aliphatic carbocycles. The summed E-state index contributed by atoms with van der Waals surface area (Å²) in [5.74, 6) is 0.969. The summed E-state index contributed by atoms with van der Waals surface area (Å²) >= 11 is 2.26. The Morgan fingerprint density at radius 3 is 2.04 bits per heavy atom. The van der Waals surface area contributed by atoms with Gasteiger partial charge in [0.2, 0.25) is 5.88 Å². The van der Waals surface area contributed by atoms with Crippen LogP contribution in [0.1, 0.15) is 11.1 Å². The van der Waals surface area contributed by atoms with E-state index in [1.807, 2.05) is 84.9 Å². The van der Waals surface area contributed by atoms with Crippen LogP contribution in [0.15, 0.2) is 94.3 Å². The first-order valence-corrected chi connectivity index (χ1v) is 9.81. The molecule has 1 heterocycles. The average molecular weight is 474 g/mol. The number of hydrogen-bond donors (Lipinski definition) is 0. The number of aliphatic imine (C=N–C) groups is 1. The van der Waals surface area contributed by atoms with Crippen LogP contribution in [0.4, 0.5) is 5.88 Å². The smallest absolute Gasteiger partial charge is 0.238 e. The number of hydrogen-bond acceptors (Lipinski definition) is 3. The molecule has 0 N–H and O–H groups in total. The van der Waals surface area contributed by atoms with E-state index in [0.29, 0.717) is 17.2 Å². The van der Waals surface area contributed by atoms with Gasteiger partial charge in [0.05, 0.1) is 0 Å². The second-order valence-electron chi connectivity index (χ2n) is 6.14. The molecule has 0 radical (unpaired) electrons. The van der Waals surface area contributed by atoms with Crippen LogP contribution in [0.25, 0.3) is 22.5 Å². The van der Waals surface area contributed by atoms with Crippen molar-refractivity contribution in [1.29, 1.82) is 5.26 Å². The van der Waals surface area contributed by atoms with Gasteiger partial charge in [-0.3, -0.25) is 0 Å². The lowest BCUT2D eigenvalue weighted by Crippen LogP contribution is -1.83. The predicted octanol–water partition coefficient (Wildman–Crippen LogP) is 6.84. The average Bonchev–Trinajstić information content (AvgIpc) is 3.13. The third kappa shape index (κ3) is 3.75.